The van der Waals surface area contributed by atoms with E-state index in [-0.39, 0.29) is 0 Å². The summed E-state index contributed by atoms with van der Waals surface area (Å²) in [4.78, 5) is 4.18. The molecule has 0 aliphatic rings. The molecule has 0 spiro atoms. The Labute approximate surface area is 125 Å². The van der Waals surface area contributed by atoms with Gasteiger partial charge >= 0.3 is 0 Å². The lowest BCUT2D eigenvalue weighted by atomic mass is 10.1. The van der Waals surface area contributed by atoms with Crippen molar-refractivity contribution in [3.8, 4) is 5.69 Å². The molecular formula is C18H19N3. The molecule has 0 bridgehead atoms. The molecule has 3 rings (SSSR count). The van der Waals surface area contributed by atoms with Crippen LogP contribution >= 0.6 is 0 Å². The van der Waals surface area contributed by atoms with Crippen LogP contribution in [-0.4, -0.2) is 9.55 Å². The Morgan fingerprint density at radius 3 is 2.62 bits per heavy atom. The average Bonchev–Trinajstić information content (AvgIpc) is 2.99. The average molecular weight is 277 g/mol. The van der Waals surface area contributed by atoms with Gasteiger partial charge in [0.15, 0.2) is 0 Å². The Hall–Kier alpha value is -2.39. The second-order valence-corrected chi connectivity index (χ2v) is 5.17. The second kappa shape index (κ2) is 6.37. The number of hydrogen-bond acceptors (Lipinski definition) is 2. The first-order chi connectivity index (χ1) is 10.3. The third-order valence-electron chi connectivity index (χ3n) is 3.51. The van der Waals surface area contributed by atoms with E-state index in [4.69, 9.17) is 0 Å². The van der Waals surface area contributed by atoms with Gasteiger partial charge in [0.1, 0.15) is 0 Å². The summed E-state index contributed by atoms with van der Waals surface area (Å²) in [7, 11) is 0. The lowest BCUT2D eigenvalue weighted by molar-refractivity contribution is 0.669. The number of pyridine rings is 1. The predicted molar refractivity (Wildman–Crippen MR) is 85.3 cm³/mol. The summed E-state index contributed by atoms with van der Waals surface area (Å²) in [5, 5.41) is 3.49. The number of nitrogens with zero attached hydrogens (tertiary/aromatic N) is 2. The molecule has 0 amide bonds. The van der Waals surface area contributed by atoms with E-state index < -0.39 is 0 Å². The van der Waals surface area contributed by atoms with Crippen LogP contribution < -0.4 is 5.32 Å². The van der Waals surface area contributed by atoms with Crippen LogP contribution in [0.2, 0.25) is 0 Å². The normalized spacial score (nSPS) is 10.7. The van der Waals surface area contributed by atoms with E-state index in [2.05, 4.69) is 70.5 Å². The fourth-order valence-corrected chi connectivity index (χ4v) is 2.35. The van der Waals surface area contributed by atoms with Gasteiger partial charge in [0, 0.05) is 31.2 Å². The van der Waals surface area contributed by atoms with Crippen molar-refractivity contribution in [3.63, 3.8) is 0 Å². The summed E-state index contributed by atoms with van der Waals surface area (Å²) in [5.41, 5.74) is 4.93. The van der Waals surface area contributed by atoms with Gasteiger partial charge in [-0.1, -0.05) is 29.8 Å². The first-order valence-electron chi connectivity index (χ1n) is 7.16. The molecule has 0 unspecified atom stereocenters. The molecule has 3 heteroatoms. The number of aromatic nitrogens is 2. The van der Waals surface area contributed by atoms with Crippen molar-refractivity contribution in [2.24, 2.45) is 0 Å². The van der Waals surface area contributed by atoms with Gasteiger partial charge in [0.05, 0.1) is 11.9 Å². The number of aryl methyl sites for hydroxylation is 1. The molecule has 21 heavy (non-hydrogen) atoms. The van der Waals surface area contributed by atoms with Crippen LogP contribution in [-0.2, 0) is 13.1 Å². The van der Waals surface area contributed by atoms with E-state index >= 15 is 0 Å². The van der Waals surface area contributed by atoms with Gasteiger partial charge in [-0.25, -0.2) is 0 Å². The van der Waals surface area contributed by atoms with Gasteiger partial charge in [0.25, 0.3) is 0 Å². The van der Waals surface area contributed by atoms with Crippen molar-refractivity contribution in [1.29, 1.82) is 0 Å². The smallest absolute Gasteiger partial charge is 0.0636 e. The molecule has 0 aliphatic carbocycles. The Balaban J connectivity index is 1.64. The second-order valence-electron chi connectivity index (χ2n) is 5.17. The first kappa shape index (κ1) is 13.6. The van der Waals surface area contributed by atoms with E-state index in [0.717, 1.165) is 18.8 Å². The Bertz CT molecular complexity index is 684. The Morgan fingerprint density at radius 2 is 1.86 bits per heavy atom. The van der Waals surface area contributed by atoms with Crippen LogP contribution in [0.5, 0.6) is 0 Å². The lowest BCUT2D eigenvalue weighted by Gasteiger charge is -2.10. The maximum atomic E-state index is 4.18. The maximum absolute atomic E-state index is 4.18. The summed E-state index contributed by atoms with van der Waals surface area (Å²) in [6.45, 7) is 3.81. The highest BCUT2D eigenvalue weighted by atomic mass is 15.0. The highest BCUT2D eigenvalue weighted by Crippen LogP contribution is 2.11. The summed E-state index contributed by atoms with van der Waals surface area (Å²) in [6.07, 6.45) is 5.74. The summed E-state index contributed by atoms with van der Waals surface area (Å²) >= 11 is 0. The van der Waals surface area contributed by atoms with Crippen LogP contribution in [0.15, 0.2) is 67.1 Å². The van der Waals surface area contributed by atoms with Gasteiger partial charge in [-0.05, 0) is 36.8 Å². The minimum Gasteiger partial charge on any atom is -0.318 e. The number of rotatable bonds is 5. The number of benzene rings is 1. The molecule has 1 aromatic carbocycles. The van der Waals surface area contributed by atoms with Crippen LogP contribution in [0, 0.1) is 6.92 Å². The van der Waals surface area contributed by atoms with Crippen molar-refractivity contribution in [3.05, 3.63) is 83.9 Å². The van der Waals surface area contributed by atoms with Crippen LogP contribution in [0.1, 0.15) is 16.8 Å². The first-order valence-corrected chi connectivity index (χ1v) is 7.16. The van der Waals surface area contributed by atoms with Gasteiger partial charge in [-0.2, -0.15) is 0 Å². The van der Waals surface area contributed by atoms with Crippen LogP contribution in [0.3, 0.4) is 0 Å². The van der Waals surface area contributed by atoms with Crippen LogP contribution in [0.25, 0.3) is 5.69 Å². The highest BCUT2D eigenvalue weighted by Gasteiger charge is 2.02. The maximum Gasteiger partial charge on any atom is 0.0636 e. The topological polar surface area (TPSA) is 29.9 Å². The monoisotopic (exact) mass is 277 g/mol. The minimum atomic E-state index is 0.829. The van der Waals surface area contributed by atoms with Crippen LogP contribution in [0.4, 0.5) is 0 Å². The standard InChI is InChI=1S/C18H19N3/c1-15-6-8-16(9-7-15)12-20-14-18-5-3-11-21(18)17-4-2-10-19-13-17/h2-11,13,20H,12,14H2,1H3. The van der Waals surface area contributed by atoms with E-state index in [1.165, 1.54) is 16.8 Å². The fraction of sp³-hybridized carbons (Fsp3) is 0.167. The van der Waals surface area contributed by atoms with Crippen molar-refractivity contribution < 1.29 is 0 Å². The molecule has 0 atom stereocenters. The minimum absolute atomic E-state index is 0.829. The Kier molecular flexibility index (Phi) is 4.12. The largest absolute Gasteiger partial charge is 0.318 e. The fourth-order valence-electron chi connectivity index (χ4n) is 2.35. The Morgan fingerprint density at radius 1 is 1.00 bits per heavy atom. The molecule has 3 aromatic rings. The molecule has 0 saturated heterocycles. The highest BCUT2D eigenvalue weighted by molar-refractivity contribution is 5.32. The lowest BCUT2D eigenvalue weighted by Crippen LogP contribution is -2.15. The number of nitrogens with one attached hydrogen (secondary N) is 1. The van der Waals surface area contributed by atoms with E-state index in [1.54, 1.807) is 6.20 Å². The zero-order chi connectivity index (χ0) is 14.5. The van der Waals surface area contributed by atoms with Gasteiger partial charge < -0.3 is 9.88 Å². The molecule has 0 aliphatic heterocycles. The van der Waals surface area contributed by atoms with Gasteiger partial charge in [-0.15, -0.1) is 0 Å². The van der Waals surface area contributed by atoms with Crippen molar-refractivity contribution in [2.75, 3.05) is 0 Å². The van der Waals surface area contributed by atoms with Crippen molar-refractivity contribution in [1.82, 2.24) is 14.9 Å². The molecule has 106 valence electrons. The third kappa shape index (κ3) is 3.38. The predicted octanol–water partition coefficient (Wildman–Crippen LogP) is 3.47. The van der Waals surface area contributed by atoms with E-state index in [0.29, 0.717) is 0 Å². The summed E-state index contributed by atoms with van der Waals surface area (Å²) in [6, 6.07) is 16.9. The SMILES string of the molecule is Cc1ccc(CNCc2cccn2-c2cccnc2)cc1. The van der Waals surface area contributed by atoms with E-state index in [1.807, 2.05) is 12.3 Å². The number of hydrogen-bond donors (Lipinski definition) is 1. The quantitative estimate of drug-likeness (QED) is 0.774. The molecule has 0 fully saturated rings. The zero-order valence-corrected chi connectivity index (χ0v) is 12.2. The molecule has 0 saturated carbocycles. The van der Waals surface area contributed by atoms with Gasteiger partial charge in [-0.3, -0.25) is 4.98 Å². The third-order valence-corrected chi connectivity index (χ3v) is 3.51. The summed E-state index contributed by atoms with van der Waals surface area (Å²) < 4.78 is 2.16. The molecule has 0 radical (unpaired) electrons. The molecule has 3 nitrogen and oxygen atoms in total. The van der Waals surface area contributed by atoms with Crippen molar-refractivity contribution >= 4 is 0 Å². The van der Waals surface area contributed by atoms with E-state index in [9.17, 15) is 0 Å². The molecule has 2 aromatic heterocycles. The summed E-state index contributed by atoms with van der Waals surface area (Å²) in [5.74, 6) is 0. The van der Waals surface area contributed by atoms with Crippen molar-refractivity contribution in [2.45, 2.75) is 20.0 Å². The molecule has 2 heterocycles. The zero-order valence-electron chi connectivity index (χ0n) is 12.2. The van der Waals surface area contributed by atoms with Gasteiger partial charge in [0.2, 0.25) is 0 Å². The molecular weight excluding hydrogens is 258 g/mol. The molecule has 1 N–H and O–H groups in total.